The number of carbonyl (C=O) groups excluding carboxylic acids is 5. The van der Waals surface area contributed by atoms with Crippen molar-refractivity contribution in [2.75, 3.05) is 44.5 Å². The van der Waals surface area contributed by atoms with E-state index in [2.05, 4.69) is 4.74 Å². The van der Waals surface area contributed by atoms with E-state index in [9.17, 15) is 24.0 Å². The lowest BCUT2D eigenvalue weighted by molar-refractivity contribution is -0.150. The van der Waals surface area contributed by atoms with E-state index >= 15 is 0 Å². The smallest absolute Gasteiger partial charge is 0.384 e. The summed E-state index contributed by atoms with van der Waals surface area (Å²) >= 11 is 2.76. The second kappa shape index (κ2) is 23.8. The third-order valence-electron chi connectivity index (χ3n) is 3.64. The Morgan fingerprint density at radius 2 is 1.17 bits per heavy atom. The van der Waals surface area contributed by atoms with Gasteiger partial charge in [-0.05, 0) is 30.6 Å². The zero-order valence-electron chi connectivity index (χ0n) is 20.3. The van der Waals surface area contributed by atoms with Crippen molar-refractivity contribution in [1.82, 2.24) is 0 Å². The summed E-state index contributed by atoms with van der Waals surface area (Å²) in [4.78, 5) is 56.6. The number of esters is 5. The summed E-state index contributed by atoms with van der Waals surface area (Å²) in [5, 5.41) is 3.21. The van der Waals surface area contributed by atoms with Crippen LogP contribution in [0.5, 0.6) is 0 Å². The SMILES string of the molecule is C#CC(=O)OCCCOC(=O)/C=C/SCCCOC(=O)CCC(=O)OCCCSC=CC(=O)OCC. The topological polar surface area (TPSA) is 132 Å². The van der Waals surface area contributed by atoms with Crippen LogP contribution in [0.3, 0.4) is 0 Å². The van der Waals surface area contributed by atoms with E-state index in [4.69, 9.17) is 25.4 Å². The van der Waals surface area contributed by atoms with E-state index in [0.29, 0.717) is 37.4 Å². The lowest BCUT2D eigenvalue weighted by Crippen LogP contribution is -2.12. The van der Waals surface area contributed by atoms with Gasteiger partial charge < -0.3 is 23.7 Å². The van der Waals surface area contributed by atoms with Crippen molar-refractivity contribution >= 4 is 53.4 Å². The lowest BCUT2D eigenvalue weighted by atomic mass is 10.3. The molecule has 0 unspecified atom stereocenters. The molecule has 10 nitrogen and oxygen atoms in total. The van der Waals surface area contributed by atoms with Crippen molar-refractivity contribution in [3.63, 3.8) is 0 Å². The molecule has 0 aliphatic carbocycles. The van der Waals surface area contributed by atoms with Crippen LogP contribution in [0.2, 0.25) is 0 Å². The average Bonchev–Trinajstić information content (AvgIpc) is 2.86. The number of terminal acetylenes is 1. The highest BCUT2D eigenvalue weighted by Crippen LogP contribution is 2.07. The molecule has 0 aromatic rings. The molecule has 12 heteroatoms. The Hall–Kier alpha value is -2.91. The van der Waals surface area contributed by atoms with Gasteiger partial charge in [0.2, 0.25) is 0 Å². The van der Waals surface area contributed by atoms with E-state index in [1.54, 1.807) is 17.7 Å². The van der Waals surface area contributed by atoms with Crippen LogP contribution in [0.15, 0.2) is 23.0 Å². The summed E-state index contributed by atoms with van der Waals surface area (Å²) in [6, 6.07) is 0. The molecule has 0 heterocycles. The maximum atomic E-state index is 11.7. The molecule has 0 aliphatic rings. The number of hydrogen-bond acceptors (Lipinski definition) is 12. The van der Waals surface area contributed by atoms with Crippen LogP contribution in [-0.4, -0.2) is 74.4 Å². The molecule has 0 aromatic carbocycles. The third-order valence-corrected chi connectivity index (χ3v) is 5.35. The maximum Gasteiger partial charge on any atom is 0.384 e. The van der Waals surface area contributed by atoms with Crippen molar-refractivity contribution < 1.29 is 47.7 Å². The fourth-order valence-corrected chi connectivity index (χ4v) is 3.28. The Balaban J connectivity index is 3.59. The molecule has 0 amide bonds. The zero-order valence-corrected chi connectivity index (χ0v) is 21.9. The Morgan fingerprint density at radius 3 is 1.67 bits per heavy atom. The highest BCUT2D eigenvalue weighted by Gasteiger charge is 2.09. The van der Waals surface area contributed by atoms with Gasteiger partial charge in [0.15, 0.2) is 0 Å². The summed E-state index contributed by atoms with van der Waals surface area (Å²) in [6.07, 6.45) is 8.87. The van der Waals surface area contributed by atoms with Crippen LogP contribution in [0.25, 0.3) is 0 Å². The van der Waals surface area contributed by atoms with Crippen LogP contribution in [0.4, 0.5) is 0 Å². The van der Waals surface area contributed by atoms with Gasteiger partial charge in [-0.3, -0.25) is 9.59 Å². The van der Waals surface area contributed by atoms with Crippen molar-refractivity contribution in [2.24, 2.45) is 0 Å². The van der Waals surface area contributed by atoms with Crippen LogP contribution in [0.1, 0.15) is 39.0 Å². The van der Waals surface area contributed by atoms with E-state index in [0.717, 1.165) is 0 Å². The van der Waals surface area contributed by atoms with Gasteiger partial charge in [-0.25, -0.2) is 14.4 Å². The Bertz CT molecular complexity index is 786. The first-order chi connectivity index (χ1) is 17.4. The first-order valence-corrected chi connectivity index (χ1v) is 13.3. The summed E-state index contributed by atoms with van der Waals surface area (Å²) < 4.78 is 24.4. The van der Waals surface area contributed by atoms with E-state index < -0.39 is 29.8 Å². The van der Waals surface area contributed by atoms with Gasteiger partial charge in [0.1, 0.15) is 0 Å². The fraction of sp³-hybridized carbons (Fsp3) is 0.542. The molecule has 0 saturated heterocycles. The fourth-order valence-electron chi connectivity index (χ4n) is 2.03. The molecule has 200 valence electrons. The molecule has 0 rings (SSSR count). The zero-order chi connectivity index (χ0) is 26.9. The van der Waals surface area contributed by atoms with Crippen molar-refractivity contribution in [1.29, 1.82) is 0 Å². The summed E-state index contributed by atoms with van der Waals surface area (Å²) in [7, 11) is 0. The van der Waals surface area contributed by atoms with Crippen LogP contribution >= 0.6 is 23.5 Å². The molecule has 0 atom stereocenters. The van der Waals surface area contributed by atoms with Crippen molar-refractivity contribution in [2.45, 2.75) is 39.0 Å². The summed E-state index contributed by atoms with van der Waals surface area (Å²) in [5.41, 5.74) is 0. The minimum absolute atomic E-state index is 0.0549. The largest absolute Gasteiger partial charge is 0.466 e. The molecule has 0 radical (unpaired) electrons. The van der Waals surface area contributed by atoms with Gasteiger partial charge in [0.05, 0.1) is 45.9 Å². The molecule has 36 heavy (non-hydrogen) atoms. The lowest BCUT2D eigenvalue weighted by Gasteiger charge is -2.05. The van der Waals surface area contributed by atoms with Gasteiger partial charge in [-0.15, -0.1) is 29.9 Å². The molecule has 0 N–H and O–H groups in total. The van der Waals surface area contributed by atoms with Crippen molar-refractivity contribution in [3.8, 4) is 12.3 Å². The summed E-state index contributed by atoms with van der Waals surface area (Å²) in [6.45, 7) is 2.67. The predicted octanol–water partition coefficient (Wildman–Crippen LogP) is 2.80. The average molecular weight is 545 g/mol. The third kappa shape index (κ3) is 22.9. The molecule has 0 aromatic heterocycles. The van der Waals surface area contributed by atoms with Crippen LogP contribution in [0, 0.1) is 12.3 Å². The van der Waals surface area contributed by atoms with E-state index in [-0.39, 0.29) is 39.3 Å². The quantitative estimate of drug-likeness (QED) is 0.0557. The second-order valence-electron chi connectivity index (χ2n) is 6.55. The molecule has 0 bridgehead atoms. The highest BCUT2D eigenvalue weighted by molar-refractivity contribution is 8.02. The minimum Gasteiger partial charge on any atom is -0.466 e. The number of rotatable bonds is 20. The standard InChI is InChI=1S/C24H32O10S2/c1-3-20(25)31-12-5-13-32-24(29)11-19-36-17-7-15-34-22(27)9-8-21(26)33-14-6-16-35-18-10-23(28)30-4-2/h1,10-11,18-19H,4-9,12-17H2,2H3/b18-10?,19-11+. The minimum atomic E-state index is -0.758. The number of carbonyl (C=O) groups is 5. The summed E-state index contributed by atoms with van der Waals surface area (Å²) in [5.74, 6) is 0.472. The normalized spacial score (nSPS) is 10.6. The highest BCUT2D eigenvalue weighted by atomic mass is 32.2. The van der Waals surface area contributed by atoms with Gasteiger partial charge in [-0.1, -0.05) is 0 Å². The van der Waals surface area contributed by atoms with Gasteiger partial charge in [0, 0.05) is 36.0 Å². The van der Waals surface area contributed by atoms with Gasteiger partial charge in [0.25, 0.3) is 0 Å². The number of hydrogen-bond donors (Lipinski definition) is 0. The molecular formula is C24H32O10S2. The predicted molar refractivity (Wildman–Crippen MR) is 136 cm³/mol. The first kappa shape index (κ1) is 33.1. The molecule has 0 fully saturated rings. The van der Waals surface area contributed by atoms with Crippen LogP contribution < -0.4 is 0 Å². The van der Waals surface area contributed by atoms with Crippen molar-refractivity contribution in [3.05, 3.63) is 23.0 Å². The number of thioether (sulfide) groups is 2. The molecule has 0 spiro atoms. The Labute approximate surface area is 219 Å². The Kier molecular flexibility index (Phi) is 21.9. The molecular weight excluding hydrogens is 512 g/mol. The number of ether oxygens (including phenoxy) is 5. The first-order valence-electron chi connectivity index (χ1n) is 11.2. The van der Waals surface area contributed by atoms with Crippen LogP contribution in [-0.2, 0) is 47.7 Å². The Morgan fingerprint density at radius 1 is 0.694 bits per heavy atom. The van der Waals surface area contributed by atoms with Gasteiger partial charge >= 0.3 is 29.8 Å². The molecule has 0 aliphatic heterocycles. The van der Waals surface area contributed by atoms with Gasteiger partial charge in [-0.2, -0.15) is 0 Å². The monoisotopic (exact) mass is 544 g/mol. The second-order valence-corrected chi connectivity index (χ2v) is 8.58. The van der Waals surface area contributed by atoms with E-state index in [1.807, 2.05) is 5.92 Å². The molecule has 0 saturated carbocycles. The maximum absolute atomic E-state index is 11.7. The van der Waals surface area contributed by atoms with E-state index in [1.165, 1.54) is 35.7 Å².